The maximum Gasteiger partial charge on any atom is 0.226 e. The third kappa shape index (κ3) is 3.75. The summed E-state index contributed by atoms with van der Waals surface area (Å²) in [7, 11) is 1.78. The number of aliphatic hydroxyl groups excluding tert-OH is 1. The number of likely N-dealkylation sites (N-methyl/N-ethyl adjacent to an activating group) is 1. The van der Waals surface area contributed by atoms with E-state index >= 15 is 0 Å². The van der Waals surface area contributed by atoms with Gasteiger partial charge in [-0.15, -0.1) is 0 Å². The quantitative estimate of drug-likeness (QED) is 0.741. The molecule has 0 bridgehead atoms. The molecule has 0 atom stereocenters. The SMILES string of the molecule is Cc1nc2ccccc2c(-c2ccccc2)c1CC(=O)N(C)CCCO. The van der Waals surface area contributed by atoms with Crippen LogP contribution in [0.2, 0.25) is 0 Å². The minimum Gasteiger partial charge on any atom is -0.396 e. The van der Waals surface area contributed by atoms with Crippen LogP contribution in [0.3, 0.4) is 0 Å². The molecule has 0 fully saturated rings. The summed E-state index contributed by atoms with van der Waals surface area (Å²) >= 11 is 0. The Morgan fingerprint density at radius 1 is 1.08 bits per heavy atom. The Labute approximate surface area is 154 Å². The molecule has 0 unspecified atom stereocenters. The predicted molar refractivity (Wildman–Crippen MR) is 105 cm³/mol. The molecule has 4 heteroatoms. The lowest BCUT2D eigenvalue weighted by Gasteiger charge is -2.20. The van der Waals surface area contributed by atoms with Gasteiger partial charge in [0.15, 0.2) is 0 Å². The Bertz CT molecular complexity index is 907. The second-order valence-electron chi connectivity index (χ2n) is 6.50. The minimum absolute atomic E-state index is 0.0378. The molecule has 3 rings (SSSR count). The molecule has 1 N–H and O–H groups in total. The van der Waals surface area contributed by atoms with Crippen molar-refractivity contribution >= 4 is 16.8 Å². The molecule has 0 saturated heterocycles. The summed E-state index contributed by atoms with van der Waals surface area (Å²) in [5, 5.41) is 10.1. The van der Waals surface area contributed by atoms with Gasteiger partial charge in [0, 0.05) is 31.3 Å². The van der Waals surface area contributed by atoms with Crippen LogP contribution in [-0.4, -0.2) is 41.1 Å². The number of aromatic nitrogens is 1. The minimum atomic E-state index is 0.0378. The van der Waals surface area contributed by atoms with Gasteiger partial charge in [-0.25, -0.2) is 0 Å². The summed E-state index contributed by atoms with van der Waals surface area (Å²) in [5.41, 5.74) is 4.96. The smallest absolute Gasteiger partial charge is 0.226 e. The van der Waals surface area contributed by atoms with Gasteiger partial charge in [0.25, 0.3) is 0 Å². The second kappa shape index (κ2) is 8.11. The van der Waals surface area contributed by atoms with E-state index in [4.69, 9.17) is 10.1 Å². The number of carbonyl (C=O) groups is 1. The van der Waals surface area contributed by atoms with Crippen molar-refractivity contribution in [2.45, 2.75) is 19.8 Å². The van der Waals surface area contributed by atoms with Gasteiger partial charge in [0.05, 0.1) is 11.9 Å². The number of fused-ring (bicyclic) bond motifs is 1. The predicted octanol–water partition coefficient (Wildman–Crippen LogP) is 3.59. The number of pyridine rings is 1. The molecule has 1 heterocycles. The van der Waals surface area contributed by atoms with Crippen LogP contribution in [0.15, 0.2) is 54.6 Å². The molecular formula is C22H24N2O2. The van der Waals surface area contributed by atoms with Crippen LogP contribution in [0.25, 0.3) is 22.0 Å². The molecule has 0 aliphatic carbocycles. The number of carbonyl (C=O) groups excluding carboxylic acids is 1. The van der Waals surface area contributed by atoms with Crippen molar-refractivity contribution in [3.05, 3.63) is 65.9 Å². The highest BCUT2D eigenvalue weighted by Crippen LogP contribution is 2.33. The van der Waals surface area contributed by atoms with E-state index < -0.39 is 0 Å². The number of benzene rings is 2. The van der Waals surface area contributed by atoms with E-state index in [1.807, 2.05) is 43.3 Å². The largest absolute Gasteiger partial charge is 0.396 e. The first kappa shape index (κ1) is 18.1. The Kier molecular flexibility index (Phi) is 5.64. The maximum atomic E-state index is 12.7. The van der Waals surface area contributed by atoms with E-state index in [1.54, 1.807) is 11.9 Å². The van der Waals surface area contributed by atoms with Crippen molar-refractivity contribution in [1.82, 2.24) is 9.88 Å². The fourth-order valence-electron chi connectivity index (χ4n) is 3.24. The van der Waals surface area contributed by atoms with Crippen LogP contribution in [0.4, 0.5) is 0 Å². The van der Waals surface area contributed by atoms with Gasteiger partial charge in [-0.3, -0.25) is 9.78 Å². The van der Waals surface area contributed by atoms with Crippen LogP contribution in [0.1, 0.15) is 17.7 Å². The molecule has 0 saturated carbocycles. The monoisotopic (exact) mass is 348 g/mol. The number of aliphatic hydroxyl groups is 1. The first-order valence-electron chi connectivity index (χ1n) is 8.90. The number of hydrogen-bond donors (Lipinski definition) is 1. The van der Waals surface area contributed by atoms with Gasteiger partial charge in [-0.2, -0.15) is 0 Å². The zero-order valence-electron chi connectivity index (χ0n) is 15.3. The van der Waals surface area contributed by atoms with Crippen molar-refractivity contribution < 1.29 is 9.90 Å². The molecule has 26 heavy (non-hydrogen) atoms. The normalized spacial score (nSPS) is 10.9. The standard InChI is InChI=1S/C22H24N2O2/c1-16-19(15-21(26)24(2)13-8-14-25)22(17-9-4-3-5-10-17)18-11-6-7-12-20(18)23-16/h3-7,9-12,25H,8,13-15H2,1-2H3. The van der Waals surface area contributed by atoms with Crippen LogP contribution in [0.5, 0.6) is 0 Å². The average molecular weight is 348 g/mol. The fraction of sp³-hybridized carbons (Fsp3) is 0.273. The number of nitrogens with zero attached hydrogens (tertiary/aromatic N) is 2. The summed E-state index contributed by atoms with van der Waals surface area (Å²) in [6, 6.07) is 18.2. The molecule has 134 valence electrons. The molecular weight excluding hydrogens is 324 g/mol. The first-order chi connectivity index (χ1) is 12.6. The summed E-state index contributed by atoms with van der Waals surface area (Å²) in [6.07, 6.45) is 0.887. The Balaban J connectivity index is 2.09. The summed E-state index contributed by atoms with van der Waals surface area (Å²) in [6.45, 7) is 2.61. The number of para-hydroxylation sites is 1. The Morgan fingerprint density at radius 3 is 2.50 bits per heavy atom. The van der Waals surface area contributed by atoms with Gasteiger partial charge < -0.3 is 10.0 Å². The molecule has 0 aliphatic heterocycles. The highest BCUT2D eigenvalue weighted by atomic mass is 16.3. The van der Waals surface area contributed by atoms with Crippen molar-refractivity contribution in [3.63, 3.8) is 0 Å². The van der Waals surface area contributed by atoms with Crippen LogP contribution >= 0.6 is 0 Å². The fourth-order valence-corrected chi connectivity index (χ4v) is 3.24. The van der Waals surface area contributed by atoms with Gasteiger partial charge in [-0.1, -0.05) is 48.5 Å². The lowest BCUT2D eigenvalue weighted by Crippen LogP contribution is -2.30. The summed E-state index contributed by atoms with van der Waals surface area (Å²) in [5.74, 6) is 0.0378. The van der Waals surface area contributed by atoms with Crippen molar-refractivity contribution in [1.29, 1.82) is 0 Å². The van der Waals surface area contributed by atoms with E-state index in [9.17, 15) is 4.79 Å². The highest BCUT2D eigenvalue weighted by molar-refractivity contribution is 5.98. The van der Waals surface area contributed by atoms with E-state index in [1.165, 1.54) is 0 Å². The molecule has 0 radical (unpaired) electrons. The maximum absolute atomic E-state index is 12.7. The van der Waals surface area contributed by atoms with E-state index in [0.29, 0.717) is 19.4 Å². The summed E-state index contributed by atoms with van der Waals surface area (Å²) in [4.78, 5) is 19.1. The lowest BCUT2D eigenvalue weighted by molar-refractivity contribution is -0.129. The number of aryl methyl sites for hydroxylation is 1. The van der Waals surface area contributed by atoms with E-state index in [0.717, 1.165) is 33.3 Å². The molecule has 0 aliphatic rings. The highest BCUT2D eigenvalue weighted by Gasteiger charge is 2.18. The number of hydrogen-bond acceptors (Lipinski definition) is 3. The van der Waals surface area contributed by atoms with Gasteiger partial charge in [0.2, 0.25) is 5.91 Å². The third-order valence-corrected chi connectivity index (χ3v) is 4.67. The Morgan fingerprint density at radius 2 is 1.77 bits per heavy atom. The summed E-state index contributed by atoms with van der Waals surface area (Å²) < 4.78 is 0. The molecule has 3 aromatic rings. The van der Waals surface area contributed by atoms with Crippen LogP contribution < -0.4 is 0 Å². The zero-order valence-corrected chi connectivity index (χ0v) is 15.3. The molecule has 1 amide bonds. The second-order valence-corrected chi connectivity index (χ2v) is 6.50. The van der Waals surface area contributed by atoms with Crippen molar-refractivity contribution in [3.8, 4) is 11.1 Å². The number of rotatable bonds is 6. The molecule has 2 aromatic carbocycles. The Hall–Kier alpha value is -2.72. The number of amides is 1. The molecule has 0 spiro atoms. The zero-order chi connectivity index (χ0) is 18.5. The topological polar surface area (TPSA) is 53.4 Å². The van der Waals surface area contributed by atoms with Crippen LogP contribution in [-0.2, 0) is 11.2 Å². The molecule has 4 nitrogen and oxygen atoms in total. The average Bonchev–Trinajstić information content (AvgIpc) is 2.67. The van der Waals surface area contributed by atoms with Crippen LogP contribution in [0, 0.1) is 6.92 Å². The van der Waals surface area contributed by atoms with E-state index in [2.05, 4.69) is 18.2 Å². The van der Waals surface area contributed by atoms with Crippen molar-refractivity contribution in [2.75, 3.05) is 20.2 Å². The lowest BCUT2D eigenvalue weighted by atomic mass is 9.92. The molecule has 1 aromatic heterocycles. The van der Waals surface area contributed by atoms with Gasteiger partial charge in [0.1, 0.15) is 0 Å². The third-order valence-electron chi connectivity index (χ3n) is 4.67. The van der Waals surface area contributed by atoms with Gasteiger partial charge in [-0.05, 0) is 36.1 Å². The van der Waals surface area contributed by atoms with E-state index in [-0.39, 0.29) is 12.5 Å². The first-order valence-corrected chi connectivity index (χ1v) is 8.90. The van der Waals surface area contributed by atoms with Crippen molar-refractivity contribution in [2.24, 2.45) is 0 Å². The van der Waals surface area contributed by atoms with Gasteiger partial charge >= 0.3 is 0 Å².